The molecule has 2 amide bonds. The van der Waals surface area contributed by atoms with Gasteiger partial charge in [0.25, 0.3) is 11.8 Å². The largest absolute Gasteiger partial charge is 0.493 e. The van der Waals surface area contributed by atoms with Gasteiger partial charge in [-0.05, 0) is 24.3 Å². The molecule has 1 aliphatic rings. The number of methoxy groups -OCH3 is 2. The second-order valence-corrected chi connectivity index (χ2v) is 5.12. The zero-order valence-corrected chi connectivity index (χ0v) is 12.9. The summed E-state index contributed by atoms with van der Waals surface area (Å²) in [6, 6.07) is 6.27. The van der Waals surface area contributed by atoms with Crippen molar-refractivity contribution in [2.45, 2.75) is 6.54 Å². The van der Waals surface area contributed by atoms with E-state index in [1.807, 2.05) is 0 Å². The van der Waals surface area contributed by atoms with E-state index in [0.29, 0.717) is 0 Å². The Kier molecular flexibility index (Phi) is 3.92. The molecule has 124 valence electrons. The average molecular weight is 333 g/mol. The third kappa shape index (κ3) is 2.29. The van der Waals surface area contributed by atoms with E-state index in [9.17, 15) is 18.4 Å². The van der Waals surface area contributed by atoms with Crippen LogP contribution in [0.15, 0.2) is 30.3 Å². The summed E-state index contributed by atoms with van der Waals surface area (Å²) < 4.78 is 37.9. The van der Waals surface area contributed by atoms with Crippen molar-refractivity contribution in [3.63, 3.8) is 0 Å². The van der Waals surface area contributed by atoms with Gasteiger partial charge in [-0.3, -0.25) is 14.5 Å². The quantitative estimate of drug-likeness (QED) is 0.808. The highest BCUT2D eigenvalue weighted by molar-refractivity contribution is 6.22. The van der Waals surface area contributed by atoms with Crippen LogP contribution < -0.4 is 9.47 Å². The minimum absolute atomic E-state index is 0.0265. The Morgan fingerprint density at radius 2 is 1.62 bits per heavy atom. The zero-order chi connectivity index (χ0) is 17.4. The number of rotatable bonds is 4. The Bertz CT molecular complexity index is 830. The van der Waals surface area contributed by atoms with Gasteiger partial charge in [0.1, 0.15) is 11.6 Å². The van der Waals surface area contributed by atoms with Crippen molar-refractivity contribution in [3.05, 3.63) is 58.7 Å². The fraction of sp³-hybridized carbons (Fsp3) is 0.176. The molecule has 1 heterocycles. The van der Waals surface area contributed by atoms with E-state index >= 15 is 0 Å². The molecule has 7 heteroatoms. The Hall–Kier alpha value is -2.96. The Morgan fingerprint density at radius 3 is 2.21 bits per heavy atom. The molecule has 1 aliphatic heterocycles. The van der Waals surface area contributed by atoms with Crippen LogP contribution in [-0.4, -0.2) is 30.9 Å². The first kappa shape index (κ1) is 15.9. The highest BCUT2D eigenvalue weighted by Crippen LogP contribution is 2.38. The maximum atomic E-state index is 13.8. The third-order valence-corrected chi connectivity index (χ3v) is 3.86. The maximum Gasteiger partial charge on any atom is 0.265 e. The van der Waals surface area contributed by atoms with E-state index in [0.717, 1.165) is 17.0 Å². The summed E-state index contributed by atoms with van der Waals surface area (Å²) in [5.41, 5.74) is -0.217. The van der Waals surface area contributed by atoms with E-state index in [1.54, 1.807) is 0 Å². The summed E-state index contributed by atoms with van der Waals surface area (Å²) in [7, 11) is 2.74. The molecule has 0 fully saturated rings. The highest BCUT2D eigenvalue weighted by Gasteiger charge is 2.40. The lowest BCUT2D eigenvalue weighted by atomic mass is 10.1. The first-order chi connectivity index (χ1) is 11.5. The minimum Gasteiger partial charge on any atom is -0.493 e. The molecule has 0 unspecified atom stereocenters. The lowest BCUT2D eigenvalue weighted by Gasteiger charge is -2.15. The molecule has 5 nitrogen and oxygen atoms in total. The van der Waals surface area contributed by atoms with Crippen LogP contribution in [0.4, 0.5) is 8.78 Å². The Labute approximate surface area is 136 Å². The SMILES string of the molecule is COc1ccc2c(c1OC)C(=O)N(Cc1c(F)cccc1F)C2=O. The van der Waals surface area contributed by atoms with Gasteiger partial charge in [0.15, 0.2) is 11.5 Å². The number of nitrogens with zero attached hydrogens (tertiary/aromatic N) is 1. The smallest absolute Gasteiger partial charge is 0.265 e. The predicted molar refractivity (Wildman–Crippen MR) is 80.1 cm³/mol. The zero-order valence-electron chi connectivity index (χ0n) is 12.9. The number of fused-ring (bicyclic) bond motifs is 1. The molecule has 0 bridgehead atoms. The summed E-state index contributed by atoms with van der Waals surface area (Å²) in [5.74, 6) is -2.57. The van der Waals surface area contributed by atoms with Gasteiger partial charge in [0.2, 0.25) is 0 Å². The normalized spacial score (nSPS) is 13.2. The molecule has 0 spiro atoms. The summed E-state index contributed by atoms with van der Waals surface area (Å²) >= 11 is 0. The second kappa shape index (κ2) is 5.92. The van der Waals surface area contributed by atoms with Crippen molar-refractivity contribution in [1.29, 1.82) is 0 Å². The molecule has 0 aromatic heterocycles. The average Bonchev–Trinajstić information content (AvgIpc) is 2.81. The third-order valence-electron chi connectivity index (χ3n) is 3.86. The van der Waals surface area contributed by atoms with Gasteiger partial charge in [-0.25, -0.2) is 8.78 Å². The number of carbonyl (C=O) groups is 2. The summed E-state index contributed by atoms with van der Waals surface area (Å²) in [6.45, 7) is -0.504. The molecule has 0 saturated heterocycles. The van der Waals surface area contributed by atoms with Crippen LogP contribution in [-0.2, 0) is 6.54 Å². The number of halogens is 2. The van der Waals surface area contributed by atoms with Crippen LogP contribution in [0.1, 0.15) is 26.3 Å². The number of hydrogen-bond donors (Lipinski definition) is 0. The number of imide groups is 1. The molecular weight excluding hydrogens is 320 g/mol. The van der Waals surface area contributed by atoms with Crippen LogP contribution in [0, 0.1) is 11.6 Å². The van der Waals surface area contributed by atoms with E-state index in [-0.39, 0.29) is 28.2 Å². The fourth-order valence-electron chi connectivity index (χ4n) is 2.68. The molecule has 3 rings (SSSR count). The van der Waals surface area contributed by atoms with E-state index < -0.39 is 30.0 Å². The number of hydrogen-bond acceptors (Lipinski definition) is 4. The lowest BCUT2D eigenvalue weighted by molar-refractivity contribution is 0.0638. The standard InChI is InChI=1S/C17H13F2NO4/c1-23-13-7-6-9-14(15(13)24-2)17(22)20(16(9)21)8-10-11(18)4-3-5-12(10)19/h3-7H,8H2,1-2H3. The van der Waals surface area contributed by atoms with Crippen molar-refractivity contribution in [2.75, 3.05) is 14.2 Å². The van der Waals surface area contributed by atoms with Gasteiger partial charge in [-0.15, -0.1) is 0 Å². The van der Waals surface area contributed by atoms with Gasteiger partial charge < -0.3 is 9.47 Å². The minimum atomic E-state index is -0.823. The van der Waals surface area contributed by atoms with Crippen LogP contribution in [0.5, 0.6) is 11.5 Å². The molecular formula is C17H13F2NO4. The second-order valence-electron chi connectivity index (χ2n) is 5.12. The molecule has 2 aromatic carbocycles. The number of benzene rings is 2. The van der Waals surface area contributed by atoms with Gasteiger partial charge >= 0.3 is 0 Å². The summed E-state index contributed by atoms with van der Waals surface area (Å²) in [6.07, 6.45) is 0. The van der Waals surface area contributed by atoms with Crippen LogP contribution in [0.2, 0.25) is 0 Å². The topological polar surface area (TPSA) is 55.8 Å². The number of amides is 2. The maximum absolute atomic E-state index is 13.8. The molecule has 0 radical (unpaired) electrons. The van der Waals surface area contributed by atoms with Crippen molar-refractivity contribution in [3.8, 4) is 11.5 Å². The van der Waals surface area contributed by atoms with Crippen molar-refractivity contribution >= 4 is 11.8 Å². The van der Waals surface area contributed by atoms with Gasteiger partial charge in [-0.2, -0.15) is 0 Å². The van der Waals surface area contributed by atoms with Crippen molar-refractivity contribution in [2.24, 2.45) is 0 Å². The molecule has 0 aliphatic carbocycles. The highest BCUT2D eigenvalue weighted by atomic mass is 19.1. The van der Waals surface area contributed by atoms with Crippen LogP contribution in [0.3, 0.4) is 0 Å². The van der Waals surface area contributed by atoms with E-state index in [2.05, 4.69) is 0 Å². The van der Waals surface area contributed by atoms with E-state index in [4.69, 9.17) is 9.47 Å². The molecule has 0 atom stereocenters. The number of ether oxygens (including phenoxy) is 2. The summed E-state index contributed by atoms with van der Waals surface area (Å²) in [4.78, 5) is 25.9. The van der Waals surface area contributed by atoms with Gasteiger partial charge in [0.05, 0.1) is 31.9 Å². The van der Waals surface area contributed by atoms with Crippen LogP contribution >= 0.6 is 0 Å². The Morgan fingerprint density at radius 1 is 0.958 bits per heavy atom. The van der Waals surface area contributed by atoms with Crippen molar-refractivity contribution < 1.29 is 27.8 Å². The first-order valence-electron chi connectivity index (χ1n) is 7.03. The Balaban J connectivity index is 2.05. The molecule has 24 heavy (non-hydrogen) atoms. The predicted octanol–water partition coefficient (Wildman–Crippen LogP) is 2.78. The fourth-order valence-corrected chi connectivity index (χ4v) is 2.68. The lowest BCUT2D eigenvalue weighted by Crippen LogP contribution is -2.30. The van der Waals surface area contributed by atoms with Crippen molar-refractivity contribution in [1.82, 2.24) is 4.90 Å². The number of carbonyl (C=O) groups excluding carboxylic acids is 2. The van der Waals surface area contributed by atoms with Gasteiger partial charge in [-0.1, -0.05) is 6.07 Å². The summed E-state index contributed by atoms with van der Waals surface area (Å²) in [5, 5.41) is 0. The molecule has 0 N–H and O–H groups in total. The van der Waals surface area contributed by atoms with Gasteiger partial charge in [0, 0.05) is 5.56 Å². The monoisotopic (exact) mass is 333 g/mol. The van der Waals surface area contributed by atoms with E-state index in [1.165, 1.54) is 32.4 Å². The molecule has 0 saturated carbocycles. The van der Waals surface area contributed by atoms with Crippen LogP contribution in [0.25, 0.3) is 0 Å². The molecule has 2 aromatic rings. The first-order valence-corrected chi connectivity index (χ1v) is 7.03.